The van der Waals surface area contributed by atoms with E-state index >= 15 is 0 Å². The van der Waals surface area contributed by atoms with Gasteiger partial charge in [-0.1, -0.05) is 6.92 Å². The van der Waals surface area contributed by atoms with Gasteiger partial charge in [-0.2, -0.15) is 5.10 Å². The zero-order valence-electron chi connectivity index (χ0n) is 12.5. The lowest BCUT2D eigenvalue weighted by Crippen LogP contribution is -2.25. The van der Waals surface area contributed by atoms with Gasteiger partial charge in [-0.05, 0) is 38.8 Å². The number of hydrogen-bond acceptors (Lipinski definition) is 4. The fourth-order valence-electron chi connectivity index (χ4n) is 2.73. The Hall–Kier alpha value is -0.880. The quantitative estimate of drug-likeness (QED) is 0.766. The van der Waals surface area contributed by atoms with Gasteiger partial charge < -0.3 is 0 Å². The van der Waals surface area contributed by atoms with Crippen molar-refractivity contribution in [3.05, 3.63) is 18.0 Å². The molecule has 6 heteroatoms. The molecule has 1 aromatic heterocycles. The van der Waals surface area contributed by atoms with E-state index in [2.05, 4.69) is 30.0 Å². The fraction of sp³-hybridized carbons (Fsp3) is 0.786. The summed E-state index contributed by atoms with van der Waals surface area (Å²) in [4.78, 5) is 2.36. The van der Waals surface area contributed by atoms with Gasteiger partial charge in [0.1, 0.15) is 0 Å². The highest BCUT2D eigenvalue weighted by Crippen LogP contribution is 2.22. The summed E-state index contributed by atoms with van der Waals surface area (Å²) >= 11 is 0. The van der Waals surface area contributed by atoms with E-state index in [-0.39, 0.29) is 0 Å². The largest absolute Gasteiger partial charge is 0.299 e. The van der Waals surface area contributed by atoms with E-state index < -0.39 is 9.84 Å². The van der Waals surface area contributed by atoms with Crippen LogP contribution in [0.3, 0.4) is 0 Å². The van der Waals surface area contributed by atoms with Gasteiger partial charge in [-0.15, -0.1) is 0 Å². The molecule has 0 N–H and O–H groups in total. The summed E-state index contributed by atoms with van der Waals surface area (Å²) in [5.74, 6) is 1.12. The number of hydrogen-bond donors (Lipinski definition) is 0. The number of nitrogens with zero attached hydrogens (tertiary/aromatic N) is 3. The molecule has 0 bridgehead atoms. The third kappa shape index (κ3) is 4.31. The van der Waals surface area contributed by atoms with Crippen LogP contribution in [0, 0.1) is 5.92 Å². The predicted octanol–water partition coefficient (Wildman–Crippen LogP) is 1.55. The Morgan fingerprint density at radius 3 is 2.80 bits per heavy atom. The minimum Gasteiger partial charge on any atom is -0.299 e. The summed E-state index contributed by atoms with van der Waals surface area (Å²) in [5.41, 5.74) is 1.23. The normalized spacial score (nSPS) is 21.6. The molecular weight excluding hydrogens is 274 g/mol. The minimum absolute atomic E-state index is 0.354. The van der Waals surface area contributed by atoms with Gasteiger partial charge in [0.05, 0.1) is 17.7 Å². The van der Waals surface area contributed by atoms with Crippen LogP contribution in [0.25, 0.3) is 0 Å². The molecule has 114 valence electrons. The maximum atomic E-state index is 11.5. The van der Waals surface area contributed by atoms with Gasteiger partial charge in [0.15, 0.2) is 9.84 Å². The van der Waals surface area contributed by atoms with Crippen molar-refractivity contribution in [2.24, 2.45) is 5.92 Å². The van der Waals surface area contributed by atoms with E-state index in [1.54, 1.807) is 0 Å². The van der Waals surface area contributed by atoms with E-state index in [0.717, 1.165) is 39.0 Å². The van der Waals surface area contributed by atoms with Crippen molar-refractivity contribution in [3.8, 4) is 0 Å². The van der Waals surface area contributed by atoms with Crippen LogP contribution in [0.2, 0.25) is 0 Å². The lowest BCUT2D eigenvalue weighted by atomic mass is 10.1. The van der Waals surface area contributed by atoms with Crippen LogP contribution in [0.4, 0.5) is 0 Å². The number of aromatic nitrogens is 2. The Morgan fingerprint density at radius 2 is 2.25 bits per heavy atom. The van der Waals surface area contributed by atoms with Crippen molar-refractivity contribution >= 4 is 9.84 Å². The first-order valence-corrected chi connectivity index (χ1v) is 9.28. The Bertz CT molecular complexity index is 524. The standard InChI is InChI=1S/C14H25N3O2S/c1-3-16(10-14-9-15-17(4-2)11-14)7-5-13-6-8-20(18,19)12-13/h9,11,13H,3-8,10,12H2,1-2H3. The van der Waals surface area contributed by atoms with Crippen LogP contribution < -0.4 is 0 Å². The molecule has 5 nitrogen and oxygen atoms in total. The highest BCUT2D eigenvalue weighted by molar-refractivity contribution is 7.91. The molecule has 1 aliphatic heterocycles. The first-order valence-electron chi connectivity index (χ1n) is 7.46. The zero-order chi connectivity index (χ0) is 14.6. The Morgan fingerprint density at radius 1 is 1.45 bits per heavy atom. The summed E-state index contributed by atoms with van der Waals surface area (Å²) in [5, 5.41) is 4.29. The van der Waals surface area contributed by atoms with Crippen LogP contribution in [-0.4, -0.2) is 47.7 Å². The second-order valence-electron chi connectivity index (χ2n) is 5.63. The highest BCUT2D eigenvalue weighted by atomic mass is 32.2. The van der Waals surface area contributed by atoms with E-state index in [9.17, 15) is 8.42 Å². The van der Waals surface area contributed by atoms with Crippen LogP contribution in [0.15, 0.2) is 12.4 Å². The molecule has 1 aromatic rings. The van der Waals surface area contributed by atoms with Gasteiger partial charge in [0.25, 0.3) is 0 Å². The van der Waals surface area contributed by atoms with Gasteiger partial charge in [0.2, 0.25) is 0 Å². The molecule has 2 rings (SSSR count). The number of aryl methyl sites for hydroxylation is 1. The van der Waals surface area contributed by atoms with Gasteiger partial charge in [0, 0.05) is 24.8 Å². The molecule has 1 atom stereocenters. The summed E-state index contributed by atoms with van der Waals surface area (Å²) in [6.45, 7) is 7.97. The van der Waals surface area contributed by atoms with Crippen LogP contribution in [0.1, 0.15) is 32.3 Å². The van der Waals surface area contributed by atoms with E-state index in [0.29, 0.717) is 17.4 Å². The summed E-state index contributed by atoms with van der Waals surface area (Å²) in [6.07, 6.45) is 5.83. The van der Waals surface area contributed by atoms with Gasteiger partial charge >= 0.3 is 0 Å². The summed E-state index contributed by atoms with van der Waals surface area (Å²) in [7, 11) is -2.74. The van der Waals surface area contributed by atoms with Gasteiger partial charge in [-0.3, -0.25) is 9.58 Å². The van der Waals surface area contributed by atoms with Crippen molar-refractivity contribution in [2.75, 3.05) is 24.6 Å². The Labute approximate surface area is 121 Å². The maximum Gasteiger partial charge on any atom is 0.150 e. The molecule has 0 aromatic carbocycles. The maximum absolute atomic E-state index is 11.5. The zero-order valence-corrected chi connectivity index (χ0v) is 13.3. The molecule has 1 unspecified atom stereocenters. The molecule has 0 amide bonds. The average Bonchev–Trinajstić information content (AvgIpc) is 3.00. The topological polar surface area (TPSA) is 55.2 Å². The monoisotopic (exact) mass is 299 g/mol. The van der Waals surface area contributed by atoms with E-state index in [1.165, 1.54) is 5.56 Å². The smallest absolute Gasteiger partial charge is 0.150 e. The molecule has 20 heavy (non-hydrogen) atoms. The van der Waals surface area contributed by atoms with Crippen LogP contribution in [0.5, 0.6) is 0 Å². The number of rotatable bonds is 7. The first kappa shape index (κ1) is 15.5. The average molecular weight is 299 g/mol. The van der Waals surface area contributed by atoms with Crippen molar-refractivity contribution < 1.29 is 8.42 Å². The Kier molecular flexibility index (Phi) is 5.21. The first-order chi connectivity index (χ1) is 9.52. The van der Waals surface area contributed by atoms with E-state index in [4.69, 9.17) is 0 Å². The third-order valence-electron chi connectivity index (χ3n) is 4.04. The van der Waals surface area contributed by atoms with Crippen molar-refractivity contribution in [2.45, 2.75) is 39.8 Å². The molecule has 0 saturated carbocycles. The molecule has 1 aliphatic rings. The Balaban J connectivity index is 1.80. The van der Waals surface area contributed by atoms with Crippen LogP contribution in [-0.2, 0) is 22.9 Å². The summed E-state index contributed by atoms with van der Waals surface area (Å²) in [6, 6.07) is 0. The predicted molar refractivity (Wildman–Crippen MR) is 80.2 cm³/mol. The number of sulfone groups is 1. The molecule has 2 heterocycles. The lowest BCUT2D eigenvalue weighted by Gasteiger charge is -2.21. The second-order valence-corrected chi connectivity index (χ2v) is 7.86. The van der Waals surface area contributed by atoms with Crippen molar-refractivity contribution in [3.63, 3.8) is 0 Å². The lowest BCUT2D eigenvalue weighted by molar-refractivity contribution is 0.260. The molecule has 1 saturated heterocycles. The third-order valence-corrected chi connectivity index (χ3v) is 5.88. The highest BCUT2D eigenvalue weighted by Gasteiger charge is 2.27. The van der Waals surface area contributed by atoms with Crippen LogP contribution >= 0.6 is 0 Å². The van der Waals surface area contributed by atoms with E-state index in [1.807, 2.05) is 10.9 Å². The molecule has 1 fully saturated rings. The molecule has 0 spiro atoms. The molecule has 0 radical (unpaired) electrons. The molecule has 0 aliphatic carbocycles. The van der Waals surface area contributed by atoms with Crippen molar-refractivity contribution in [1.29, 1.82) is 0 Å². The summed E-state index contributed by atoms with van der Waals surface area (Å²) < 4.78 is 24.9. The van der Waals surface area contributed by atoms with Crippen molar-refractivity contribution in [1.82, 2.24) is 14.7 Å². The van der Waals surface area contributed by atoms with Gasteiger partial charge in [-0.25, -0.2) is 8.42 Å². The molecular formula is C14H25N3O2S. The second kappa shape index (κ2) is 6.72. The SMILES string of the molecule is CCN(CCC1CCS(=O)(=O)C1)Cc1cnn(CC)c1. The fourth-order valence-corrected chi connectivity index (χ4v) is 4.64. The minimum atomic E-state index is -2.74.